The van der Waals surface area contributed by atoms with E-state index >= 15 is 0 Å². The minimum Gasteiger partial charge on any atom is -0.478 e. The maximum Gasteiger partial charge on any atom is 0.335 e. The number of rotatable bonds is 4. The molecule has 0 aliphatic rings. The van der Waals surface area contributed by atoms with E-state index in [-0.39, 0.29) is 11.1 Å². The number of carboxylic acid groups (broad SMARTS) is 2. The largest absolute Gasteiger partial charge is 0.478 e. The molecule has 1 heterocycles. The molecule has 0 aromatic carbocycles. The molecule has 5 nitrogen and oxygen atoms in total. The van der Waals surface area contributed by atoms with Gasteiger partial charge in [0.15, 0.2) is 0 Å². The molecule has 0 radical (unpaired) electrons. The van der Waals surface area contributed by atoms with Crippen LogP contribution in [-0.2, 0) is 9.59 Å². The molecule has 5 heteroatoms. The summed E-state index contributed by atoms with van der Waals surface area (Å²) in [6.07, 6.45) is 5.30. The molecule has 1 aromatic rings. The van der Waals surface area contributed by atoms with Crippen LogP contribution < -0.4 is 0 Å². The lowest BCUT2D eigenvalue weighted by Crippen LogP contribution is -2.03. The summed E-state index contributed by atoms with van der Waals surface area (Å²) in [6, 6.07) is 3.35. The van der Waals surface area contributed by atoms with Crippen molar-refractivity contribution in [1.29, 1.82) is 0 Å². The predicted octanol–water partition coefficient (Wildman–Crippen LogP) is 1.58. The highest BCUT2D eigenvalue weighted by Crippen LogP contribution is 2.14. The third-order valence-corrected chi connectivity index (χ3v) is 1.99. The van der Waals surface area contributed by atoms with E-state index < -0.39 is 11.9 Å². The Morgan fingerprint density at radius 1 is 1.35 bits per heavy atom. The van der Waals surface area contributed by atoms with Gasteiger partial charge in [-0.1, -0.05) is 6.07 Å². The van der Waals surface area contributed by atoms with Gasteiger partial charge in [-0.25, -0.2) is 9.59 Å². The van der Waals surface area contributed by atoms with Gasteiger partial charge in [-0.05, 0) is 30.2 Å². The fraction of sp³-hybridized carbons (Fsp3) is 0.0833. The minimum absolute atomic E-state index is 0.0691. The topological polar surface area (TPSA) is 87.5 Å². The third kappa shape index (κ3) is 3.90. The first kappa shape index (κ1) is 12.6. The van der Waals surface area contributed by atoms with Crippen molar-refractivity contribution in [2.75, 3.05) is 0 Å². The molecular formula is C12H11NO4. The highest BCUT2D eigenvalue weighted by molar-refractivity contribution is 5.98. The summed E-state index contributed by atoms with van der Waals surface area (Å²) < 4.78 is 0. The smallest absolute Gasteiger partial charge is 0.335 e. The van der Waals surface area contributed by atoms with Crippen molar-refractivity contribution in [3.05, 3.63) is 47.3 Å². The van der Waals surface area contributed by atoms with Gasteiger partial charge in [-0.15, -0.1) is 0 Å². The Morgan fingerprint density at radius 3 is 2.53 bits per heavy atom. The molecule has 0 atom stereocenters. The average molecular weight is 233 g/mol. The summed E-state index contributed by atoms with van der Waals surface area (Å²) in [7, 11) is 0. The van der Waals surface area contributed by atoms with Crippen molar-refractivity contribution in [2.45, 2.75) is 6.92 Å². The molecular weight excluding hydrogens is 222 g/mol. The van der Waals surface area contributed by atoms with E-state index in [1.807, 2.05) is 0 Å². The van der Waals surface area contributed by atoms with Crippen molar-refractivity contribution in [1.82, 2.24) is 4.98 Å². The Morgan fingerprint density at radius 2 is 2.06 bits per heavy atom. The lowest BCUT2D eigenvalue weighted by atomic mass is 10.0. The van der Waals surface area contributed by atoms with E-state index in [0.717, 1.165) is 6.08 Å². The van der Waals surface area contributed by atoms with Gasteiger partial charge in [0.25, 0.3) is 0 Å². The molecule has 0 amide bonds. The summed E-state index contributed by atoms with van der Waals surface area (Å²) in [4.78, 5) is 25.3. The Hall–Kier alpha value is -2.43. The molecule has 0 fully saturated rings. The van der Waals surface area contributed by atoms with Crippen molar-refractivity contribution >= 4 is 18.0 Å². The second-order valence-electron chi connectivity index (χ2n) is 3.32. The SMILES string of the molecule is CC(=C\C(=O)O)/C(=C/c1cccnc1)C(=O)O. The zero-order valence-electron chi connectivity index (χ0n) is 9.12. The van der Waals surface area contributed by atoms with E-state index in [2.05, 4.69) is 4.98 Å². The van der Waals surface area contributed by atoms with Crippen LogP contribution in [0.15, 0.2) is 41.7 Å². The van der Waals surface area contributed by atoms with Crippen LogP contribution in [0.2, 0.25) is 0 Å². The molecule has 0 aliphatic carbocycles. The quantitative estimate of drug-likeness (QED) is 0.609. The molecule has 0 aliphatic heterocycles. The van der Waals surface area contributed by atoms with Gasteiger partial charge in [0, 0.05) is 18.5 Å². The first-order valence-electron chi connectivity index (χ1n) is 4.77. The van der Waals surface area contributed by atoms with Crippen molar-refractivity contribution in [3.63, 3.8) is 0 Å². The van der Waals surface area contributed by atoms with Gasteiger partial charge in [-0.2, -0.15) is 0 Å². The Balaban J connectivity index is 3.15. The van der Waals surface area contributed by atoms with Crippen molar-refractivity contribution in [2.24, 2.45) is 0 Å². The van der Waals surface area contributed by atoms with E-state index in [1.165, 1.54) is 19.2 Å². The van der Waals surface area contributed by atoms with Gasteiger partial charge in [-0.3, -0.25) is 4.98 Å². The fourth-order valence-electron chi connectivity index (χ4n) is 1.24. The van der Waals surface area contributed by atoms with Gasteiger partial charge in [0.1, 0.15) is 0 Å². The normalized spacial score (nSPS) is 12.3. The molecule has 0 unspecified atom stereocenters. The first-order chi connectivity index (χ1) is 8.00. The van der Waals surface area contributed by atoms with Crippen LogP contribution in [0.3, 0.4) is 0 Å². The van der Waals surface area contributed by atoms with E-state index in [4.69, 9.17) is 10.2 Å². The molecule has 0 spiro atoms. The Kier molecular flexibility index (Phi) is 4.16. The highest BCUT2D eigenvalue weighted by Gasteiger charge is 2.10. The molecule has 88 valence electrons. The van der Waals surface area contributed by atoms with E-state index in [0.29, 0.717) is 5.56 Å². The lowest BCUT2D eigenvalue weighted by Gasteiger charge is -2.01. The number of hydrogen-bond donors (Lipinski definition) is 2. The van der Waals surface area contributed by atoms with Crippen molar-refractivity contribution < 1.29 is 19.8 Å². The molecule has 2 N–H and O–H groups in total. The second-order valence-corrected chi connectivity index (χ2v) is 3.32. The molecule has 1 rings (SSSR count). The van der Waals surface area contributed by atoms with Crippen molar-refractivity contribution in [3.8, 4) is 0 Å². The summed E-state index contributed by atoms with van der Waals surface area (Å²) in [5.41, 5.74) is 0.706. The summed E-state index contributed by atoms with van der Waals surface area (Å²) >= 11 is 0. The van der Waals surface area contributed by atoms with Crippen LogP contribution >= 0.6 is 0 Å². The van der Waals surface area contributed by atoms with Crippen LogP contribution in [-0.4, -0.2) is 27.1 Å². The summed E-state index contributed by atoms with van der Waals surface area (Å²) in [5.74, 6) is -2.36. The van der Waals surface area contributed by atoms with Crippen LogP contribution in [0.1, 0.15) is 12.5 Å². The number of aliphatic carboxylic acids is 2. The van der Waals surface area contributed by atoms with Crippen LogP contribution in [0, 0.1) is 0 Å². The maximum atomic E-state index is 11.0. The predicted molar refractivity (Wildman–Crippen MR) is 61.2 cm³/mol. The lowest BCUT2D eigenvalue weighted by molar-refractivity contribution is -0.132. The van der Waals surface area contributed by atoms with Gasteiger partial charge < -0.3 is 10.2 Å². The third-order valence-electron chi connectivity index (χ3n) is 1.99. The van der Waals surface area contributed by atoms with Crippen LogP contribution in [0.4, 0.5) is 0 Å². The average Bonchev–Trinajstić information content (AvgIpc) is 2.25. The van der Waals surface area contributed by atoms with Gasteiger partial charge in [0.05, 0.1) is 5.57 Å². The fourth-order valence-corrected chi connectivity index (χ4v) is 1.24. The highest BCUT2D eigenvalue weighted by atomic mass is 16.4. The minimum atomic E-state index is -1.18. The van der Waals surface area contributed by atoms with Crippen LogP contribution in [0.5, 0.6) is 0 Å². The summed E-state index contributed by atoms with van der Waals surface area (Å²) in [5, 5.41) is 17.6. The Labute approximate surface area is 97.7 Å². The number of hydrogen-bond acceptors (Lipinski definition) is 3. The molecule has 17 heavy (non-hydrogen) atoms. The van der Waals surface area contributed by atoms with E-state index in [1.54, 1.807) is 18.3 Å². The standard InChI is InChI=1S/C12H11NO4/c1-8(5-11(14)15)10(12(16)17)6-9-3-2-4-13-7-9/h2-7H,1H3,(H,14,15)(H,16,17)/b8-5+,10-6-. The number of aromatic nitrogens is 1. The number of pyridine rings is 1. The molecule has 0 saturated heterocycles. The molecule has 0 saturated carbocycles. The van der Waals surface area contributed by atoms with Gasteiger partial charge >= 0.3 is 11.9 Å². The first-order valence-corrected chi connectivity index (χ1v) is 4.77. The zero-order valence-corrected chi connectivity index (χ0v) is 9.12. The van der Waals surface area contributed by atoms with Gasteiger partial charge in [0.2, 0.25) is 0 Å². The number of carboxylic acids is 2. The second kappa shape index (κ2) is 5.60. The maximum absolute atomic E-state index is 11.0. The molecule has 0 bridgehead atoms. The number of nitrogens with zero attached hydrogens (tertiary/aromatic N) is 1. The summed E-state index contributed by atoms with van der Waals surface area (Å²) in [6.45, 7) is 1.43. The number of carbonyl (C=O) groups is 2. The monoisotopic (exact) mass is 233 g/mol. The van der Waals surface area contributed by atoms with Crippen LogP contribution in [0.25, 0.3) is 6.08 Å². The van der Waals surface area contributed by atoms with E-state index in [9.17, 15) is 9.59 Å². The molecule has 1 aromatic heterocycles. The zero-order chi connectivity index (χ0) is 12.8. The Bertz CT molecular complexity index is 488.